The zero-order chi connectivity index (χ0) is 31.2. The number of methoxy groups -OCH3 is 3. The first kappa shape index (κ1) is 29.3. The number of fused-ring (bicyclic) bond motifs is 4. The lowest BCUT2D eigenvalue weighted by molar-refractivity contribution is 0.220. The Labute approximate surface area is 264 Å². The number of rotatable bonds is 3. The van der Waals surface area contributed by atoms with Gasteiger partial charge in [0.1, 0.15) is 5.75 Å². The fourth-order valence-corrected chi connectivity index (χ4v) is 7.23. The molecule has 0 aromatic heterocycles. The van der Waals surface area contributed by atoms with Crippen molar-refractivity contribution in [1.82, 2.24) is 9.80 Å². The lowest BCUT2D eigenvalue weighted by Gasteiger charge is -2.37. The number of hydrogen-bond donors (Lipinski definition) is 1. The quantitative estimate of drug-likeness (QED) is 0.271. The van der Waals surface area contributed by atoms with Gasteiger partial charge in [-0.25, -0.2) is 0 Å². The molecule has 45 heavy (non-hydrogen) atoms. The van der Waals surface area contributed by atoms with Crippen LogP contribution in [0.15, 0.2) is 60.7 Å². The highest BCUT2D eigenvalue weighted by Crippen LogP contribution is 2.51. The average Bonchev–Trinajstić information content (AvgIpc) is 3.04. The number of hydrogen-bond acceptors (Lipinski definition) is 8. The van der Waals surface area contributed by atoms with Gasteiger partial charge in [0.05, 0.1) is 21.3 Å². The number of para-hydroxylation sites is 1. The fraction of sp³-hybridized carbons (Fsp3) is 0.351. The summed E-state index contributed by atoms with van der Waals surface area (Å²) in [5, 5.41) is 11.1. The van der Waals surface area contributed by atoms with E-state index in [1.807, 2.05) is 30.3 Å². The largest absolute Gasteiger partial charge is 0.504 e. The Kier molecular flexibility index (Phi) is 7.71. The summed E-state index contributed by atoms with van der Waals surface area (Å²) in [6, 6.07) is 20.4. The molecule has 0 saturated carbocycles. The number of phenolic OH excluding ortho intramolecular Hbond substituents is 1. The number of phenols is 1. The summed E-state index contributed by atoms with van der Waals surface area (Å²) in [5.41, 5.74) is 6.67. The number of aromatic hydroxyl groups is 1. The van der Waals surface area contributed by atoms with E-state index in [1.165, 1.54) is 11.1 Å². The van der Waals surface area contributed by atoms with Gasteiger partial charge in [-0.3, -0.25) is 9.80 Å². The van der Waals surface area contributed by atoms with E-state index >= 15 is 0 Å². The maximum absolute atomic E-state index is 11.1. The lowest BCUT2D eigenvalue weighted by atomic mass is 9.87. The van der Waals surface area contributed by atoms with Crippen LogP contribution in [0.1, 0.15) is 45.5 Å². The van der Waals surface area contributed by atoms with Gasteiger partial charge in [-0.1, -0.05) is 24.3 Å². The van der Waals surface area contributed by atoms with Crippen molar-refractivity contribution in [3.05, 3.63) is 94.0 Å². The molecule has 4 bridgehead atoms. The van der Waals surface area contributed by atoms with Gasteiger partial charge >= 0.3 is 0 Å². The minimum Gasteiger partial charge on any atom is -0.504 e. The van der Waals surface area contributed by atoms with E-state index in [0.29, 0.717) is 46.7 Å². The van der Waals surface area contributed by atoms with Crippen LogP contribution in [0.4, 0.5) is 0 Å². The van der Waals surface area contributed by atoms with Crippen LogP contribution in [0, 0.1) is 0 Å². The number of benzene rings is 4. The van der Waals surface area contributed by atoms with Crippen LogP contribution in [0.5, 0.6) is 46.0 Å². The summed E-state index contributed by atoms with van der Waals surface area (Å²) >= 11 is 0. The molecule has 1 N–H and O–H groups in total. The van der Waals surface area contributed by atoms with Crippen molar-refractivity contribution < 1.29 is 28.8 Å². The summed E-state index contributed by atoms with van der Waals surface area (Å²) in [6.45, 7) is 1.77. The predicted molar refractivity (Wildman–Crippen MR) is 173 cm³/mol. The molecule has 234 valence electrons. The van der Waals surface area contributed by atoms with Gasteiger partial charge in [-0.15, -0.1) is 0 Å². The summed E-state index contributed by atoms with van der Waals surface area (Å²) in [4.78, 5) is 4.73. The van der Waals surface area contributed by atoms with Gasteiger partial charge in [0, 0.05) is 36.3 Å². The van der Waals surface area contributed by atoms with Crippen LogP contribution in [0.25, 0.3) is 0 Å². The third kappa shape index (κ3) is 5.22. The van der Waals surface area contributed by atoms with Crippen molar-refractivity contribution in [1.29, 1.82) is 0 Å². The first-order valence-electron chi connectivity index (χ1n) is 15.5. The lowest BCUT2D eigenvalue weighted by Crippen LogP contribution is -2.34. The summed E-state index contributed by atoms with van der Waals surface area (Å²) in [5.74, 6) is 4.33. The molecule has 7 rings (SSSR count). The molecule has 2 unspecified atom stereocenters. The number of likely N-dealkylation sites (N-methyl/N-ethyl adjacent to an activating group) is 2. The molecule has 0 saturated heterocycles. The van der Waals surface area contributed by atoms with Gasteiger partial charge in [0.25, 0.3) is 0 Å². The predicted octanol–water partition coefficient (Wildman–Crippen LogP) is 6.86. The van der Waals surface area contributed by atoms with Gasteiger partial charge in [0.15, 0.2) is 34.5 Å². The molecule has 8 heteroatoms. The van der Waals surface area contributed by atoms with E-state index in [9.17, 15) is 5.11 Å². The summed E-state index contributed by atoms with van der Waals surface area (Å²) < 4.78 is 31.2. The second-order valence-corrected chi connectivity index (χ2v) is 12.2. The van der Waals surface area contributed by atoms with Crippen molar-refractivity contribution in [2.45, 2.75) is 37.8 Å². The fourth-order valence-electron chi connectivity index (χ4n) is 7.23. The molecule has 4 aromatic carbocycles. The Morgan fingerprint density at radius 3 is 2.24 bits per heavy atom. The molecule has 0 aliphatic carbocycles. The van der Waals surface area contributed by atoms with Gasteiger partial charge in [-0.05, 0) is 98.4 Å². The molecular weight excluding hydrogens is 568 g/mol. The maximum Gasteiger partial charge on any atom is 0.204 e. The minimum atomic E-state index is -0.0905. The highest BCUT2D eigenvalue weighted by Gasteiger charge is 2.34. The monoisotopic (exact) mass is 608 g/mol. The molecule has 2 atom stereocenters. The van der Waals surface area contributed by atoms with Crippen molar-refractivity contribution in [2.75, 3.05) is 48.5 Å². The van der Waals surface area contributed by atoms with Crippen LogP contribution in [0.3, 0.4) is 0 Å². The van der Waals surface area contributed by atoms with Crippen LogP contribution in [0.2, 0.25) is 0 Å². The van der Waals surface area contributed by atoms with Crippen LogP contribution >= 0.6 is 0 Å². The van der Waals surface area contributed by atoms with E-state index < -0.39 is 0 Å². The molecule has 8 nitrogen and oxygen atoms in total. The third-order valence-electron chi connectivity index (χ3n) is 9.65. The van der Waals surface area contributed by atoms with Crippen molar-refractivity contribution in [3.8, 4) is 46.0 Å². The van der Waals surface area contributed by atoms with E-state index in [2.05, 4.69) is 54.2 Å². The Balaban J connectivity index is 1.48. The molecule has 0 fully saturated rings. The number of ether oxygens (including phenoxy) is 5. The minimum absolute atomic E-state index is 0.0763. The highest BCUT2D eigenvalue weighted by atomic mass is 16.5. The first-order valence-corrected chi connectivity index (χ1v) is 15.5. The van der Waals surface area contributed by atoms with E-state index in [0.717, 1.165) is 54.6 Å². The Bertz CT molecular complexity index is 1750. The second kappa shape index (κ2) is 11.8. The molecule has 0 amide bonds. The Hall–Kier alpha value is -4.40. The molecule has 0 spiro atoms. The van der Waals surface area contributed by atoms with Crippen LogP contribution in [-0.4, -0.2) is 63.4 Å². The van der Waals surface area contributed by atoms with Crippen LogP contribution in [-0.2, 0) is 25.7 Å². The van der Waals surface area contributed by atoms with Crippen LogP contribution < -0.4 is 23.7 Å². The highest BCUT2D eigenvalue weighted by molar-refractivity contribution is 5.62. The van der Waals surface area contributed by atoms with E-state index in [1.54, 1.807) is 21.3 Å². The van der Waals surface area contributed by atoms with Crippen molar-refractivity contribution >= 4 is 0 Å². The zero-order valence-electron chi connectivity index (χ0n) is 26.6. The maximum atomic E-state index is 11.1. The average molecular weight is 609 g/mol. The molecule has 0 radical (unpaired) electrons. The Morgan fingerprint density at radius 1 is 0.711 bits per heavy atom. The van der Waals surface area contributed by atoms with Gasteiger partial charge in [0.2, 0.25) is 5.75 Å². The Morgan fingerprint density at radius 2 is 1.47 bits per heavy atom. The summed E-state index contributed by atoms with van der Waals surface area (Å²) in [7, 11) is 9.24. The zero-order valence-corrected chi connectivity index (χ0v) is 26.6. The van der Waals surface area contributed by atoms with Gasteiger partial charge in [-0.2, -0.15) is 0 Å². The molecule has 3 aliphatic heterocycles. The molecular formula is C37H40N2O6. The molecule has 3 aliphatic rings. The standard InChI is InChI=1S/C37H40N2O6/c1-38-14-12-23-20-32(42-4)33-21-27(23)28(38)17-22-8-6-10-26(16-22)44-37-34-24(19-30(40)36(37)43-5)13-15-39(2)29(34)18-25-9-7-11-31(41-3)35(25)45-33/h6-11,16,19-21,28-29,40H,12-15,17-18H2,1-5H3. The third-order valence-corrected chi connectivity index (χ3v) is 9.65. The normalized spacial score (nSPS) is 19.4. The SMILES string of the molecule is COc1cc2c3cc1Oc1c(cccc1OC)CC1c4c(cc(O)c(OC)c4Oc4cccc(c4)CC3N(C)CC2)CCN1C. The van der Waals surface area contributed by atoms with E-state index in [-0.39, 0.29) is 17.8 Å². The van der Waals surface area contributed by atoms with Crippen molar-refractivity contribution in [2.24, 2.45) is 0 Å². The smallest absolute Gasteiger partial charge is 0.204 e. The number of nitrogens with zero attached hydrogens (tertiary/aromatic N) is 2. The van der Waals surface area contributed by atoms with Crippen molar-refractivity contribution in [3.63, 3.8) is 0 Å². The summed E-state index contributed by atoms with van der Waals surface area (Å²) in [6.07, 6.45) is 3.10. The van der Waals surface area contributed by atoms with Gasteiger partial charge < -0.3 is 28.8 Å². The van der Waals surface area contributed by atoms with E-state index in [4.69, 9.17) is 23.7 Å². The topological polar surface area (TPSA) is 72.9 Å². The first-order chi connectivity index (χ1) is 21.9. The molecule has 3 heterocycles. The second-order valence-electron chi connectivity index (χ2n) is 12.2. The molecule has 4 aromatic rings.